The third-order valence-electron chi connectivity index (χ3n) is 5.61. The van der Waals surface area contributed by atoms with Gasteiger partial charge >= 0.3 is 0 Å². The molecule has 39 heavy (non-hydrogen) atoms. The van der Waals surface area contributed by atoms with Crippen LogP contribution in [-0.4, -0.2) is 29.7 Å². The summed E-state index contributed by atoms with van der Waals surface area (Å²) in [5.74, 6) is -0.102. The molecule has 10 heteroatoms. The van der Waals surface area contributed by atoms with Gasteiger partial charge in [-0.3, -0.25) is 9.59 Å². The maximum absolute atomic E-state index is 13.5. The van der Waals surface area contributed by atoms with Gasteiger partial charge in [-0.1, -0.05) is 53.2 Å². The van der Waals surface area contributed by atoms with Crippen molar-refractivity contribution in [2.45, 2.75) is 11.9 Å². The number of aromatic nitrogens is 1. The highest BCUT2D eigenvalue weighted by atomic mass is 35.5. The molecule has 1 heterocycles. The van der Waals surface area contributed by atoms with E-state index in [1.54, 1.807) is 86.8 Å². The lowest BCUT2D eigenvalue weighted by Crippen LogP contribution is -2.18. The molecule has 0 bridgehead atoms. The van der Waals surface area contributed by atoms with E-state index in [0.717, 1.165) is 11.8 Å². The van der Waals surface area contributed by atoms with E-state index in [9.17, 15) is 14.9 Å². The highest BCUT2D eigenvalue weighted by Gasteiger charge is 2.25. The third-order valence-corrected chi connectivity index (χ3v) is 7.08. The maximum atomic E-state index is 13.5. The van der Waals surface area contributed by atoms with Gasteiger partial charge in [0.15, 0.2) is 0 Å². The average Bonchev–Trinajstić information content (AvgIpc) is 2.92. The Morgan fingerprint density at radius 2 is 1.69 bits per heavy atom. The Balaban J connectivity index is 1.71. The topological polar surface area (TPSA) is 104 Å². The highest BCUT2D eigenvalue weighted by molar-refractivity contribution is 8.00. The quantitative estimate of drug-likeness (QED) is 0.214. The Hall–Kier alpha value is -4.03. The number of anilines is 2. The molecule has 0 aliphatic carbocycles. The number of hydrogen-bond donors (Lipinski definition) is 2. The molecule has 4 rings (SSSR count). The molecule has 196 valence electrons. The molecule has 2 amide bonds. The number of hydrogen-bond acceptors (Lipinski definition) is 6. The predicted octanol–water partition coefficient (Wildman–Crippen LogP) is 7.23. The van der Waals surface area contributed by atoms with Crippen molar-refractivity contribution in [3.63, 3.8) is 0 Å². The Kier molecular flexibility index (Phi) is 9.10. The highest BCUT2D eigenvalue weighted by Crippen LogP contribution is 2.36. The Bertz CT molecular complexity index is 1570. The first-order valence-electron chi connectivity index (χ1n) is 11.6. The number of nitrogens with zero attached hydrogens (tertiary/aromatic N) is 2. The predicted molar refractivity (Wildman–Crippen MR) is 156 cm³/mol. The minimum Gasteiger partial charge on any atom is -0.497 e. The number of rotatable bonds is 8. The summed E-state index contributed by atoms with van der Waals surface area (Å²) in [4.78, 5) is 30.7. The molecule has 2 N–H and O–H groups in total. The van der Waals surface area contributed by atoms with E-state index in [-0.39, 0.29) is 22.8 Å². The van der Waals surface area contributed by atoms with Crippen LogP contribution in [-0.2, 0) is 4.79 Å². The number of thioether (sulfide) groups is 1. The van der Waals surface area contributed by atoms with Gasteiger partial charge in [-0.05, 0) is 67.1 Å². The number of amides is 2. The Morgan fingerprint density at radius 1 is 0.974 bits per heavy atom. The van der Waals surface area contributed by atoms with E-state index >= 15 is 0 Å². The molecule has 1 aromatic heterocycles. The van der Waals surface area contributed by atoms with E-state index in [2.05, 4.69) is 21.7 Å². The van der Waals surface area contributed by atoms with Crippen molar-refractivity contribution >= 4 is 58.2 Å². The van der Waals surface area contributed by atoms with Gasteiger partial charge in [0.25, 0.3) is 5.91 Å². The van der Waals surface area contributed by atoms with Gasteiger partial charge < -0.3 is 15.4 Å². The largest absolute Gasteiger partial charge is 0.497 e. The second-order valence-corrected chi connectivity index (χ2v) is 10.1. The van der Waals surface area contributed by atoms with Crippen LogP contribution in [0.5, 0.6) is 5.75 Å². The van der Waals surface area contributed by atoms with Crippen molar-refractivity contribution in [2.24, 2.45) is 0 Å². The molecular formula is C29H22Cl2N4O3S. The van der Waals surface area contributed by atoms with E-state index in [0.29, 0.717) is 49.0 Å². The third kappa shape index (κ3) is 6.89. The Labute approximate surface area is 240 Å². The molecule has 0 aliphatic heterocycles. The summed E-state index contributed by atoms with van der Waals surface area (Å²) < 4.78 is 5.27. The van der Waals surface area contributed by atoms with Crippen LogP contribution < -0.4 is 15.4 Å². The van der Waals surface area contributed by atoms with Crippen LogP contribution in [0.3, 0.4) is 0 Å². The summed E-state index contributed by atoms with van der Waals surface area (Å²) in [6.45, 7) is 1.70. The average molecular weight is 577 g/mol. The summed E-state index contributed by atoms with van der Waals surface area (Å²) >= 11 is 13.1. The minimum atomic E-state index is -0.431. The van der Waals surface area contributed by atoms with Crippen LogP contribution in [0.1, 0.15) is 21.6 Å². The van der Waals surface area contributed by atoms with Gasteiger partial charge in [0.1, 0.15) is 16.8 Å². The molecule has 0 radical (unpaired) electrons. The van der Waals surface area contributed by atoms with Crippen LogP contribution in [0, 0.1) is 18.3 Å². The molecule has 0 unspecified atom stereocenters. The van der Waals surface area contributed by atoms with Gasteiger partial charge in [-0.15, -0.1) is 0 Å². The summed E-state index contributed by atoms with van der Waals surface area (Å²) in [6, 6.07) is 22.8. The molecule has 0 fully saturated rings. The number of benzene rings is 3. The fourth-order valence-electron chi connectivity index (χ4n) is 3.83. The van der Waals surface area contributed by atoms with Crippen molar-refractivity contribution in [1.29, 1.82) is 5.26 Å². The van der Waals surface area contributed by atoms with Crippen molar-refractivity contribution < 1.29 is 14.3 Å². The fraction of sp³-hybridized carbons (Fsp3) is 0.103. The van der Waals surface area contributed by atoms with Gasteiger partial charge in [0.05, 0.1) is 29.7 Å². The molecule has 7 nitrogen and oxygen atoms in total. The van der Waals surface area contributed by atoms with Crippen molar-refractivity contribution in [1.82, 2.24) is 4.98 Å². The zero-order valence-corrected chi connectivity index (χ0v) is 23.2. The van der Waals surface area contributed by atoms with Crippen LogP contribution >= 0.6 is 35.0 Å². The van der Waals surface area contributed by atoms with Crippen molar-refractivity contribution in [2.75, 3.05) is 23.5 Å². The van der Waals surface area contributed by atoms with Gasteiger partial charge in [0.2, 0.25) is 5.91 Å². The number of carbonyl (C=O) groups excluding carboxylic acids is 2. The first-order valence-corrected chi connectivity index (χ1v) is 13.4. The smallest absolute Gasteiger partial charge is 0.258 e. The second kappa shape index (κ2) is 12.7. The first kappa shape index (κ1) is 28.0. The number of nitriles is 1. The van der Waals surface area contributed by atoms with Crippen molar-refractivity contribution in [3.05, 3.63) is 99.7 Å². The number of ether oxygens (including phenoxy) is 1. The normalized spacial score (nSPS) is 10.4. The molecule has 0 spiro atoms. The zero-order valence-electron chi connectivity index (χ0n) is 20.9. The SMILES string of the molecule is COc1ccc(-c2c(C#N)c(SCC(=O)Nc3cccc(Cl)c3)nc(C)c2C(=O)Nc2ccc(Cl)cc2)cc1. The van der Waals surface area contributed by atoms with Gasteiger partial charge in [0, 0.05) is 27.0 Å². The lowest BCUT2D eigenvalue weighted by Gasteiger charge is -2.17. The lowest BCUT2D eigenvalue weighted by molar-refractivity contribution is -0.113. The van der Waals surface area contributed by atoms with Crippen LogP contribution in [0.15, 0.2) is 77.8 Å². The van der Waals surface area contributed by atoms with E-state index < -0.39 is 5.91 Å². The molecule has 0 saturated heterocycles. The molecule has 3 aromatic carbocycles. The molecule has 0 saturated carbocycles. The standard InChI is InChI=1S/C29H22Cl2N4O3S/c1-17-26(28(37)35-21-10-8-19(30)9-11-21)27(18-6-12-23(38-2)13-7-18)24(15-32)29(33-17)39-16-25(36)34-22-5-3-4-20(31)14-22/h3-14H,16H2,1-2H3,(H,34,36)(H,35,37). The summed E-state index contributed by atoms with van der Waals surface area (Å²) in [5.41, 5.74) is 2.99. The number of methoxy groups -OCH3 is 1. The number of aryl methyl sites for hydroxylation is 1. The molecular weight excluding hydrogens is 555 g/mol. The summed E-state index contributed by atoms with van der Waals surface area (Å²) in [6.07, 6.45) is 0. The van der Waals surface area contributed by atoms with Crippen LogP contribution in [0.2, 0.25) is 10.0 Å². The first-order chi connectivity index (χ1) is 18.8. The number of halogens is 2. The van der Waals surface area contributed by atoms with E-state index in [1.165, 1.54) is 0 Å². The molecule has 0 aliphatic rings. The lowest BCUT2D eigenvalue weighted by atomic mass is 9.94. The van der Waals surface area contributed by atoms with E-state index in [1.807, 2.05) is 0 Å². The van der Waals surface area contributed by atoms with E-state index in [4.69, 9.17) is 27.9 Å². The van der Waals surface area contributed by atoms with Gasteiger partial charge in [-0.25, -0.2) is 4.98 Å². The monoisotopic (exact) mass is 576 g/mol. The maximum Gasteiger partial charge on any atom is 0.258 e. The summed E-state index contributed by atoms with van der Waals surface area (Å²) in [5, 5.41) is 17.2. The molecule has 4 aromatic rings. The van der Waals surface area contributed by atoms with Gasteiger partial charge in [-0.2, -0.15) is 5.26 Å². The minimum absolute atomic E-state index is 0.00793. The number of carbonyl (C=O) groups is 2. The second-order valence-electron chi connectivity index (χ2n) is 8.28. The fourth-order valence-corrected chi connectivity index (χ4v) is 4.98. The van der Waals surface area contributed by atoms with Crippen LogP contribution in [0.4, 0.5) is 11.4 Å². The van der Waals surface area contributed by atoms with Crippen LogP contribution in [0.25, 0.3) is 11.1 Å². The number of nitrogens with one attached hydrogen (secondary N) is 2. The Morgan fingerprint density at radius 3 is 2.33 bits per heavy atom. The van der Waals surface area contributed by atoms with Crippen molar-refractivity contribution in [3.8, 4) is 22.9 Å². The summed E-state index contributed by atoms with van der Waals surface area (Å²) in [7, 11) is 1.56. The molecule has 0 atom stereocenters. The zero-order chi connectivity index (χ0) is 27.9. The number of pyridine rings is 1.